The average molecular weight is 425 g/mol. The number of amides is 1. The summed E-state index contributed by atoms with van der Waals surface area (Å²) in [5.74, 6) is -4.74. The number of aliphatic hydroxyl groups is 1. The van der Waals surface area contributed by atoms with Crippen LogP contribution < -0.4 is 5.32 Å². The molecule has 0 bridgehead atoms. The highest BCUT2D eigenvalue weighted by Gasteiger charge is 2.36. The summed E-state index contributed by atoms with van der Waals surface area (Å²) >= 11 is 0. The lowest BCUT2D eigenvalue weighted by Gasteiger charge is -2.22. The van der Waals surface area contributed by atoms with Gasteiger partial charge in [-0.1, -0.05) is 6.07 Å². The van der Waals surface area contributed by atoms with Crippen molar-refractivity contribution in [3.63, 3.8) is 0 Å². The Balaban J connectivity index is 1.56. The maximum atomic E-state index is 13.5. The van der Waals surface area contributed by atoms with Gasteiger partial charge in [0.1, 0.15) is 11.7 Å². The van der Waals surface area contributed by atoms with E-state index in [1.807, 2.05) is 0 Å². The van der Waals surface area contributed by atoms with Crippen molar-refractivity contribution in [2.24, 2.45) is 5.92 Å². The first-order chi connectivity index (χ1) is 14.8. The quantitative estimate of drug-likeness (QED) is 0.651. The third kappa shape index (κ3) is 3.91. The fourth-order valence-corrected chi connectivity index (χ4v) is 3.29. The number of allylic oxidation sites excluding steroid dienone is 2. The monoisotopic (exact) mass is 425 g/mol. The molecule has 3 aromatic rings. The smallest absolute Gasteiger partial charge is 0.291 e. The molecule has 1 unspecified atom stereocenters. The van der Waals surface area contributed by atoms with Crippen LogP contribution in [0.1, 0.15) is 39.3 Å². The molecule has 3 heterocycles. The number of aliphatic hydroxyl groups excluding tert-OH is 1. The van der Waals surface area contributed by atoms with Crippen molar-refractivity contribution in [2.75, 3.05) is 0 Å². The Kier molecular flexibility index (Phi) is 5.28. The summed E-state index contributed by atoms with van der Waals surface area (Å²) in [6.07, 6.45) is 3.12. The molecule has 2 aromatic heterocycles. The molecule has 1 amide bonds. The van der Waals surface area contributed by atoms with Crippen LogP contribution >= 0.6 is 0 Å². The number of carbonyl (C=O) groups excluding carboxylic acids is 2. The molecule has 4 rings (SSSR count). The number of pyridine rings is 1. The minimum absolute atomic E-state index is 0.0538. The fraction of sp³-hybridized carbons (Fsp3) is 0.190. The summed E-state index contributed by atoms with van der Waals surface area (Å²) < 4.78 is 27.7. The van der Waals surface area contributed by atoms with Gasteiger partial charge in [0.2, 0.25) is 5.82 Å². The highest BCUT2D eigenvalue weighted by Crippen LogP contribution is 2.30. The Labute approximate surface area is 175 Å². The highest BCUT2D eigenvalue weighted by molar-refractivity contribution is 5.94. The largest absolute Gasteiger partial charge is 0.511 e. The summed E-state index contributed by atoms with van der Waals surface area (Å²) in [5.41, 5.74) is 1.42. The summed E-state index contributed by atoms with van der Waals surface area (Å²) in [6, 6.07) is 6.74. The van der Waals surface area contributed by atoms with E-state index >= 15 is 0 Å². The standard InChI is InChI=1S/C21H17F2N5O3/c1-11-17(29)14(8-13-2-3-15(22)16(23)9-13)21(31)28-19(11)26-18(27-28)20(30)25-10-12-4-6-24-7-5-12/h2-7,9,14,29H,8,10H2,1H3,(H,25,30). The van der Waals surface area contributed by atoms with Crippen LogP contribution in [0.5, 0.6) is 0 Å². The van der Waals surface area contributed by atoms with Gasteiger partial charge < -0.3 is 10.4 Å². The minimum Gasteiger partial charge on any atom is -0.511 e. The lowest BCUT2D eigenvalue weighted by Crippen LogP contribution is -2.32. The molecule has 2 N–H and O–H groups in total. The van der Waals surface area contributed by atoms with E-state index in [4.69, 9.17) is 0 Å². The molecule has 158 valence electrons. The van der Waals surface area contributed by atoms with E-state index < -0.39 is 29.4 Å². The van der Waals surface area contributed by atoms with Crippen LogP contribution in [0.4, 0.5) is 8.78 Å². The van der Waals surface area contributed by atoms with Gasteiger partial charge in [0.05, 0.1) is 0 Å². The fourth-order valence-electron chi connectivity index (χ4n) is 3.29. The van der Waals surface area contributed by atoms with Crippen molar-refractivity contribution in [2.45, 2.75) is 19.9 Å². The van der Waals surface area contributed by atoms with Crippen molar-refractivity contribution in [3.05, 3.63) is 82.9 Å². The number of nitrogens with zero attached hydrogens (tertiary/aromatic N) is 4. The minimum atomic E-state index is -1.06. The van der Waals surface area contributed by atoms with Gasteiger partial charge in [0, 0.05) is 24.5 Å². The molecule has 0 radical (unpaired) electrons. The number of carbonyl (C=O) groups is 2. The van der Waals surface area contributed by atoms with E-state index in [1.54, 1.807) is 31.5 Å². The van der Waals surface area contributed by atoms with Crippen LogP contribution in [0.2, 0.25) is 0 Å². The van der Waals surface area contributed by atoms with Gasteiger partial charge in [-0.3, -0.25) is 14.6 Å². The number of hydrogen-bond donors (Lipinski definition) is 2. The molecule has 31 heavy (non-hydrogen) atoms. The lowest BCUT2D eigenvalue weighted by atomic mass is 9.92. The van der Waals surface area contributed by atoms with Crippen LogP contribution in [-0.4, -0.2) is 36.7 Å². The topological polar surface area (TPSA) is 110 Å². The predicted molar refractivity (Wildman–Crippen MR) is 105 cm³/mol. The van der Waals surface area contributed by atoms with Crippen molar-refractivity contribution in [1.29, 1.82) is 0 Å². The lowest BCUT2D eigenvalue weighted by molar-refractivity contribution is 0.0799. The van der Waals surface area contributed by atoms with Gasteiger partial charge in [-0.05, 0) is 48.7 Å². The summed E-state index contributed by atoms with van der Waals surface area (Å²) in [6.45, 7) is 1.76. The normalized spacial score (nSPS) is 15.7. The Hall–Kier alpha value is -3.95. The molecular formula is C21H17F2N5O3. The SMILES string of the molecule is CC1=C(O)C(Cc2ccc(F)c(F)c2)C(=O)n2nc(C(=O)NCc3ccncc3)nc21. The van der Waals surface area contributed by atoms with Gasteiger partial charge in [0.15, 0.2) is 17.5 Å². The Morgan fingerprint density at radius 1 is 1.16 bits per heavy atom. The molecule has 0 aliphatic carbocycles. The molecular weight excluding hydrogens is 408 g/mol. The van der Waals surface area contributed by atoms with Crippen molar-refractivity contribution in [1.82, 2.24) is 25.1 Å². The van der Waals surface area contributed by atoms with Crippen LogP contribution in [0.3, 0.4) is 0 Å². The van der Waals surface area contributed by atoms with E-state index in [-0.39, 0.29) is 35.9 Å². The summed E-state index contributed by atoms with van der Waals surface area (Å²) in [4.78, 5) is 33.3. The molecule has 1 aliphatic heterocycles. The zero-order chi connectivity index (χ0) is 22.1. The number of nitrogens with one attached hydrogen (secondary N) is 1. The Bertz CT molecular complexity index is 1210. The van der Waals surface area contributed by atoms with Crippen LogP contribution in [0.15, 0.2) is 48.5 Å². The first-order valence-electron chi connectivity index (χ1n) is 9.37. The number of aromatic nitrogens is 4. The number of fused-ring (bicyclic) bond motifs is 1. The van der Waals surface area contributed by atoms with E-state index in [0.717, 1.165) is 22.4 Å². The van der Waals surface area contributed by atoms with Gasteiger partial charge >= 0.3 is 0 Å². The average Bonchev–Trinajstić information content (AvgIpc) is 3.23. The van der Waals surface area contributed by atoms with Crippen molar-refractivity contribution in [3.8, 4) is 0 Å². The van der Waals surface area contributed by atoms with Crippen LogP contribution in [-0.2, 0) is 13.0 Å². The van der Waals surface area contributed by atoms with Gasteiger partial charge in [-0.2, -0.15) is 4.68 Å². The first kappa shape index (κ1) is 20.3. The molecule has 1 aromatic carbocycles. The predicted octanol–water partition coefficient (Wildman–Crippen LogP) is 2.68. The second-order valence-corrected chi connectivity index (χ2v) is 7.06. The molecule has 0 fully saturated rings. The molecule has 0 spiro atoms. The Morgan fingerprint density at radius 2 is 1.90 bits per heavy atom. The maximum Gasteiger partial charge on any atom is 0.291 e. The maximum absolute atomic E-state index is 13.5. The van der Waals surface area contributed by atoms with Gasteiger partial charge in [0.25, 0.3) is 11.8 Å². The Morgan fingerprint density at radius 3 is 2.61 bits per heavy atom. The van der Waals surface area contributed by atoms with Crippen molar-refractivity contribution < 1.29 is 23.5 Å². The molecule has 8 nitrogen and oxygen atoms in total. The number of hydrogen-bond acceptors (Lipinski definition) is 6. The van der Waals surface area contributed by atoms with Gasteiger partial charge in [-0.15, -0.1) is 5.10 Å². The third-order valence-corrected chi connectivity index (χ3v) is 4.99. The molecule has 1 aliphatic rings. The zero-order valence-corrected chi connectivity index (χ0v) is 16.3. The first-order valence-corrected chi connectivity index (χ1v) is 9.37. The van der Waals surface area contributed by atoms with E-state index in [2.05, 4.69) is 20.4 Å². The molecule has 10 heteroatoms. The number of rotatable bonds is 5. The highest BCUT2D eigenvalue weighted by atomic mass is 19.2. The number of benzene rings is 1. The zero-order valence-electron chi connectivity index (χ0n) is 16.3. The van der Waals surface area contributed by atoms with E-state index in [9.17, 15) is 23.5 Å². The van der Waals surface area contributed by atoms with E-state index in [0.29, 0.717) is 5.56 Å². The second-order valence-electron chi connectivity index (χ2n) is 7.06. The second kappa shape index (κ2) is 8.05. The van der Waals surface area contributed by atoms with Crippen LogP contribution in [0, 0.1) is 17.6 Å². The van der Waals surface area contributed by atoms with Crippen LogP contribution in [0.25, 0.3) is 5.57 Å². The molecule has 0 saturated carbocycles. The summed E-state index contributed by atoms with van der Waals surface area (Å²) in [7, 11) is 0. The molecule has 1 atom stereocenters. The molecule has 0 saturated heterocycles. The van der Waals surface area contributed by atoms with E-state index in [1.165, 1.54) is 6.07 Å². The number of halogens is 2. The van der Waals surface area contributed by atoms with Gasteiger partial charge in [-0.25, -0.2) is 13.8 Å². The van der Waals surface area contributed by atoms with Crippen molar-refractivity contribution >= 4 is 17.4 Å². The summed E-state index contributed by atoms with van der Waals surface area (Å²) in [5, 5.41) is 17.2. The third-order valence-electron chi connectivity index (χ3n) is 4.99.